The lowest BCUT2D eigenvalue weighted by atomic mass is 9.92. The first-order valence-corrected chi connectivity index (χ1v) is 6.48. The predicted octanol–water partition coefficient (Wildman–Crippen LogP) is 4.90. The van der Waals surface area contributed by atoms with E-state index in [0.717, 1.165) is 17.5 Å². The zero-order valence-electron chi connectivity index (χ0n) is 10.9. The van der Waals surface area contributed by atoms with Gasteiger partial charge in [-0.3, -0.25) is 0 Å². The highest BCUT2D eigenvalue weighted by molar-refractivity contribution is 5.64. The van der Waals surface area contributed by atoms with Crippen LogP contribution in [0.2, 0.25) is 0 Å². The van der Waals surface area contributed by atoms with E-state index in [1.807, 2.05) is 43.3 Å². The molecule has 1 atom stereocenters. The fraction of sp³-hybridized carbons (Fsp3) is 0.235. The van der Waals surface area contributed by atoms with E-state index in [1.165, 1.54) is 0 Å². The molecule has 2 aromatic rings. The minimum atomic E-state index is -0.222. The van der Waals surface area contributed by atoms with Gasteiger partial charge in [0.25, 0.3) is 0 Å². The van der Waals surface area contributed by atoms with E-state index in [0.29, 0.717) is 12.0 Å². The third-order valence-electron chi connectivity index (χ3n) is 3.38. The second-order valence-electron chi connectivity index (χ2n) is 4.57. The molecule has 0 aliphatic rings. The number of nitrogens with zero attached hydrogens (tertiary/aromatic N) is 1. The molecule has 0 radical (unpaired) electrons. The highest BCUT2D eigenvalue weighted by Gasteiger charge is 2.12. The zero-order valence-corrected chi connectivity index (χ0v) is 10.9. The summed E-state index contributed by atoms with van der Waals surface area (Å²) in [7, 11) is 0. The maximum atomic E-state index is 14.2. The van der Waals surface area contributed by atoms with E-state index in [2.05, 4.69) is 6.07 Å². The van der Waals surface area contributed by atoms with Gasteiger partial charge in [-0.15, -0.1) is 0 Å². The number of hydrogen-bond donors (Lipinski definition) is 0. The van der Waals surface area contributed by atoms with Gasteiger partial charge in [0.2, 0.25) is 0 Å². The number of benzene rings is 2. The SMILES string of the molecule is CCC(CC#N)c1ccc(-c2ccccc2)c(F)c1. The van der Waals surface area contributed by atoms with Crippen LogP contribution in [0, 0.1) is 17.1 Å². The molecule has 1 unspecified atom stereocenters. The van der Waals surface area contributed by atoms with Crippen molar-refractivity contribution < 1.29 is 4.39 Å². The first-order chi connectivity index (χ1) is 9.26. The Kier molecular flexibility index (Phi) is 4.30. The van der Waals surface area contributed by atoms with Crippen LogP contribution in [-0.4, -0.2) is 0 Å². The van der Waals surface area contributed by atoms with Gasteiger partial charge in [0.15, 0.2) is 0 Å². The molecular weight excluding hydrogens is 237 g/mol. The minimum absolute atomic E-state index is 0.115. The molecule has 0 N–H and O–H groups in total. The Balaban J connectivity index is 2.35. The lowest BCUT2D eigenvalue weighted by Gasteiger charge is -2.13. The third-order valence-corrected chi connectivity index (χ3v) is 3.38. The molecule has 2 rings (SSSR count). The van der Waals surface area contributed by atoms with Gasteiger partial charge in [0.1, 0.15) is 5.82 Å². The third kappa shape index (κ3) is 3.00. The van der Waals surface area contributed by atoms with Crippen LogP contribution < -0.4 is 0 Å². The van der Waals surface area contributed by atoms with Gasteiger partial charge in [-0.1, -0.05) is 49.4 Å². The Labute approximate surface area is 113 Å². The van der Waals surface area contributed by atoms with Crippen LogP contribution in [0.25, 0.3) is 11.1 Å². The van der Waals surface area contributed by atoms with Crippen LogP contribution in [-0.2, 0) is 0 Å². The molecule has 0 heterocycles. The van der Waals surface area contributed by atoms with Crippen LogP contribution in [0.5, 0.6) is 0 Å². The summed E-state index contributed by atoms with van der Waals surface area (Å²) in [6.45, 7) is 2.02. The van der Waals surface area contributed by atoms with Crippen LogP contribution in [0.15, 0.2) is 48.5 Å². The monoisotopic (exact) mass is 253 g/mol. The van der Waals surface area contributed by atoms with Crippen LogP contribution in [0.1, 0.15) is 31.2 Å². The summed E-state index contributed by atoms with van der Waals surface area (Å²) >= 11 is 0. The summed E-state index contributed by atoms with van der Waals surface area (Å²) < 4.78 is 14.2. The van der Waals surface area contributed by atoms with Crippen molar-refractivity contribution in [3.05, 3.63) is 59.9 Å². The van der Waals surface area contributed by atoms with Crippen LogP contribution >= 0.6 is 0 Å². The fourth-order valence-electron chi connectivity index (χ4n) is 2.25. The number of nitriles is 1. The smallest absolute Gasteiger partial charge is 0.131 e. The summed E-state index contributed by atoms with van der Waals surface area (Å²) in [6, 6.07) is 16.9. The van der Waals surface area contributed by atoms with Crippen molar-refractivity contribution in [2.45, 2.75) is 25.7 Å². The highest BCUT2D eigenvalue weighted by atomic mass is 19.1. The van der Waals surface area contributed by atoms with E-state index >= 15 is 0 Å². The Hall–Kier alpha value is -2.14. The Morgan fingerprint density at radius 3 is 2.47 bits per heavy atom. The number of rotatable bonds is 4. The summed E-state index contributed by atoms with van der Waals surface area (Å²) in [4.78, 5) is 0. The molecule has 1 nitrogen and oxygen atoms in total. The predicted molar refractivity (Wildman–Crippen MR) is 75.1 cm³/mol. The van der Waals surface area contributed by atoms with Gasteiger partial charge in [0, 0.05) is 12.0 Å². The largest absolute Gasteiger partial charge is 0.206 e. The fourth-order valence-corrected chi connectivity index (χ4v) is 2.25. The average molecular weight is 253 g/mol. The zero-order chi connectivity index (χ0) is 13.7. The maximum Gasteiger partial charge on any atom is 0.131 e. The molecule has 2 aromatic carbocycles. The molecule has 0 amide bonds. The molecule has 0 aliphatic heterocycles. The van der Waals surface area contributed by atoms with Crippen molar-refractivity contribution in [1.29, 1.82) is 5.26 Å². The van der Waals surface area contributed by atoms with Crippen molar-refractivity contribution in [2.24, 2.45) is 0 Å². The van der Waals surface area contributed by atoms with Crippen molar-refractivity contribution in [1.82, 2.24) is 0 Å². The Morgan fingerprint density at radius 1 is 1.16 bits per heavy atom. The second-order valence-corrected chi connectivity index (χ2v) is 4.57. The van der Waals surface area contributed by atoms with Crippen molar-refractivity contribution >= 4 is 0 Å². The summed E-state index contributed by atoms with van der Waals surface area (Å²) in [5, 5.41) is 8.79. The van der Waals surface area contributed by atoms with Gasteiger partial charge in [-0.05, 0) is 29.5 Å². The lowest BCUT2D eigenvalue weighted by molar-refractivity contribution is 0.617. The Morgan fingerprint density at radius 2 is 1.89 bits per heavy atom. The van der Waals surface area contributed by atoms with Crippen molar-refractivity contribution in [3.63, 3.8) is 0 Å². The summed E-state index contributed by atoms with van der Waals surface area (Å²) in [6.07, 6.45) is 1.28. The molecule has 0 saturated carbocycles. The topological polar surface area (TPSA) is 23.8 Å². The van der Waals surface area contributed by atoms with Gasteiger partial charge >= 0.3 is 0 Å². The van der Waals surface area contributed by atoms with Crippen LogP contribution in [0.4, 0.5) is 4.39 Å². The van der Waals surface area contributed by atoms with Gasteiger partial charge in [-0.2, -0.15) is 5.26 Å². The highest BCUT2D eigenvalue weighted by Crippen LogP contribution is 2.28. The molecule has 0 aliphatic carbocycles. The summed E-state index contributed by atoms with van der Waals surface area (Å²) in [5.74, 6) is -0.107. The minimum Gasteiger partial charge on any atom is -0.206 e. The molecular formula is C17H16FN. The molecule has 0 fully saturated rings. The Bertz CT molecular complexity index is 584. The van der Waals surface area contributed by atoms with Crippen LogP contribution in [0.3, 0.4) is 0 Å². The van der Waals surface area contributed by atoms with Crippen molar-refractivity contribution in [2.75, 3.05) is 0 Å². The first kappa shape index (κ1) is 13.3. The molecule has 0 saturated heterocycles. The maximum absolute atomic E-state index is 14.2. The lowest BCUT2D eigenvalue weighted by Crippen LogP contribution is -1.97. The molecule has 0 aromatic heterocycles. The standard InChI is InChI=1S/C17H16FN/c1-2-13(10-11-19)15-8-9-16(17(18)12-15)14-6-4-3-5-7-14/h3-9,12-13H,2,10H2,1H3. The average Bonchev–Trinajstić information content (AvgIpc) is 2.45. The van der Waals surface area contributed by atoms with E-state index in [4.69, 9.17) is 5.26 Å². The normalized spacial score (nSPS) is 11.8. The molecule has 96 valence electrons. The van der Waals surface area contributed by atoms with Gasteiger partial charge in [-0.25, -0.2) is 4.39 Å². The molecule has 0 spiro atoms. The van der Waals surface area contributed by atoms with E-state index in [1.54, 1.807) is 12.1 Å². The first-order valence-electron chi connectivity index (χ1n) is 6.48. The molecule has 19 heavy (non-hydrogen) atoms. The van der Waals surface area contributed by atoms with Crippen molar-refractivity contribution in [3.8, 4) is 17.2 Å². The van der Waals surface area contributed by atoms with Gasteiger partial charge in [0.05, 0.1) is 6.07 Å². The van der Waals surface area contributed by atoms with E-state index in [9.17, 15) is 4.39 Å². The quantitative estimate of drug-likeness (QED) is 0.760. The van der Waals surface area contributed by atoms with Gasteiger partial charge < -0.3 is 0 Å². The molecule has 0 bridgehead atoms. The molecule has 2 heteroatoms. The van der Waals surface area contributed by atoms with E-state index < -0.39 is 0 Å². The number of halogens is 1. The number of hydrogen-bond acceptors (Lipinski definition) is 1. The van der Waals surface area contributed by atoms with E-state index in [-0.39, 0.29) is 11.7 Å². The summed E-state index contributed by atoms with van der Waals surface area (Å²) in [5.41, 5.74) is 2.39. The second kappa shape index (κ2) is 6.15.